The third kappa shape index (κ3) is 4.75. The number of amides is 1. The number of carbonyl (C=O) groups excluding carboxylic acids is 1. The van der Waals surface area contributed by atoms with E-state index < -0.39 is 0 Å². The Hall–Kier alpha value is -1.01. The molecule has 0 saturated carbocycles. The molecule has 68 valence electrons. The summed E-state index contributed by atoms with van der Waals surface area (Å²) in [6, 6.07) is 0.00792. The number of terminal acetylenes is 1. The van der Waals surface area contributed by atoms with E-state index in [-0.39, 0.29) is 11.9 Å². The van der Waals surface area contributed by atoms with Crippen molar-refractivity contribution in [1.29, 1.82) is 0 Å². The predicted molar refractivity (Wildman–Crippen MR) is 49.3 cm³/mol. The molecule has 0 rings (SSSR count). The highest BCUT2D eigenvalue weighted by Gasteiger charge is 2.10. The van der Waals surface area contributed by atoms with E-state index in [4.69, 9.17) is 12.2 Å². The topological polar surface area (TPSA) is 55.1 Å². The van der Waals surface area contributed by atoms with Crippen LogP contribution >= 0.6 is 0 Å². The van der Waals surface area contributed by atoms with Crippen LogP contribution in [-0.4, -0.2) is 18.5 Å². The first kappa shape index (κ1) is 11.0. The molecule has 0 radical (unpaired) electrons. The van der Waals surface area contributed by atoms with E-state index >= 15 is 0 Å². The number of hydrogen-bond acceptors (Lipinski definition) is 2. The van der Waals surface area contributed by atoms with E-state index in [1.54, 1.807) is 0 Å². The third-order valence-electron chi connectivity index (χ3n) is 1.51. The molecule has 0 bridgehead atoms. The summed E-state index contributed by atoms with van der Waals surface area (Å²) in [4.78, 5) is 10.8. The smallest absolute Gasteiger partial charge is 0.295 e. The standard InChI is InChI=1S/C9H16N2O/c1-4-9(12)11-8(6-10)5-7(2)3/h1,7-8H,5-6,10H2,2-3H3,(H,11,12). The lowest BCUT2D eigenvalue weighted by Crippen LogP contribution is -2.40. The average molecular weight is 168 g/mol. The van der Waals surface area contributed by atoms with Gasteiger partial charge < -0.3 is 11.1 Å². The lowest BCUT2D eigenvalue weighted by molar-refractivity contribution is -0.116. The predicted octanol–water partition coefficient (Wildman–Crippen LogP) is 0.109. The molecular formula is C9H16N2O. The van der Waals surface area contributed by atoms with Crippen LogP contribution < -0.4 is 11.1 Å². The second-order valence-corrected chi connectivity index (χ2v) is 3.18. The van der Waals surface area contributed by atoms with E-state index in [0.717, 1.165) is 6.42 Å². The normalized spacial score (nSPS) is 12.2. The third-order valence-corrected chi connectivity index (χ3v) is 1.51. The maximum atomic E-state index is 10.8. The highest BCUT2D eigenvalue weighted by atomic mass is 16.1. The number of nitrogens with two attached hydrogens (primary N) is 1. The highest BCUT2D eigenvalue weighted by molar-refractivity contribution is 5.93. The highest BCUT2D eigenvalue weighted by Crippen LogP contribution is 2.02. The molecule has 0 aliphatic rings. The van der Waals surface area contributed by atoms with Gasteiger partial charge in [-0.05, 0) is 18.3 Å². The fourth-order valence-corrected chi connectivity index (χ4v) is 1.01. The van der Waals surface area contributed by atoms with Gasteiger partial charge in [-0.1, -0.05) is 13.8 Å². The minimum Gasteiger partial charge on any atom is -0.341 e. The molecular weight excluding hydrogens is 152 g/mol. The van der Waals surface area contributed by atoms with Gasteiger partial charge in [0.2, 0.25) is 0 Å². The molecule has 12 heavy (non-hydrogen) atoms. The Morgan fingerprint density at radius 1 is 1.67 bits per heavy atom. The van der Waals surface area contributed by atoms with Gasteiger partial charge in [0.05, 0.1) is 0 Å². The van der Waals surface area contributed by atoms with E-state index in [9.17, 15) is 4.79 Å². The molecule has 3 N–H and O–H groups in total. The van der Waals surface area contributed by atoms with Crippen LogP contribution in [0, 0.1) is 18.3 Å². The van der Waals surface area contributed by atoms with E-state index in [1.807, 2.05) is 5.92 Å². The maximum Gasteiger partial charge on any atom is 0.295 e. The molecule has 1 amide bonds. The van der Waals surface area contributed by atoms with Crippen molar-refractivity contribution in [1.82, 2.24) is 5.32 Å². The summed E-state index contributed by atoms with van der Waals surface area (Å²) in [6.45, 7) is 4.58. The van der Waals surface area contributed by atoms with Crippen LogP contribution in [0.15, 0.2) is 0 Å². The average Bonchev–Trinajstić information content (AvgIpc) is 2.02. The van der Waals surface area contributed by atoms with Crippen LogP contribution in [0.5, 0.6) is 0 Å². The number of hydrogen-bond donors (Lipinski definition) is 2. The van der Waals surface area contributed by atoms with Crippen molar-refractivity contribution >= 4 is 5.91 Å². The quantitative estimate of drug-likeness (QED) is 0.585. The van der Waals surface area contributed by atoms with Crippen molar-refractivity contribution in [2.45, 2.75) is 26.3 Å². The van der Waals surface area contributed by atoms with Gasteiger partial charge in [0.1, 0.15) is 0 Å². The first-order valence-corrected chi connectivity index (χ1v) is 4.07. The summed E-state index contributed by atoms with van der Waals surface area (Å²) < 4.78 is 0. The van der Waals surface area contributed by atoms with Gasteiger partial charge in [-0.15, -0.1) is 6.42 Å². The number of carbonyl (C=O) groups is 1. The monoisotopic (exact) mass is 168 g/mol. The van der Waals surface area contributed by atoms with E-state index in [1.165, 1.54) is 0 Å². The number of rotatable bonds is 4. The van der Waals surface area contributed by atoms with Gasteiger partial charge in [-0.2, -0.15) is 0 Å². The van der Waals surface area contributed by atoms with Gasteiger partial charge in [0, 0.05) is 12.6 Å². The molecule has 0 saturated heterocycles. The van der Waals surface area contributed by atoms with Crippen molar-refractivity contribution in [2.75, 3.05) is 6.54 Å². The van der Waals surface area contributed by atoms with Gasteiger partial charge in [0.25, 0.3) is 5.91 Å². The molecule has 0 heterocycles. The summed E-state index contributed by atoms with van der Waals surface area (Å²) in [7, 11) is 0. The van der Waals surface area contributed by atoms with Crippen molar-refractivity contribution in [3.05, 3.63) is 0 Å². The van der Waals surface area contributed by atoms with Crippen molar-refractivity contribution in [2.24, 2.45) is 11.7 Å². The fourth-order valence-electron chi connectivity index (χ4n) is 1.01. The Kier molecular flexibility index (Phi) is 5.14. The van der Waals surface area contributed by atoms with Gasteiger partial charge in [0.15, 0.2) is 0 Å². The van der Waals surface area contributed by atoms with E-state index in [0.29, 0.717) is 12.5 Å². The molecule has 3 heteroatoms. The summed E-state index contributed by atoms with van der Waals surface area (Å²) >= 11 is 0. The molecule has 0 aromatic heterocycles. The lowest BCUT2D eigenvalue weighted by Gasteiger charge is -2.16. The second kappa shape index (κ2) is 5.62. The fraction of sp³-hybridized carbons (Fsp3) is 0.667. The number of nitrogens with one attached hydrogen (secondary N) is 1. The van der Waals surface area contributed by atoms with Crippen molar-refractivity contribution in [3.63, 3.8) is 0 Å². The Labute approximate surface area is 73.7 Å². The summed E-state index contributed by atoms with van der Waals surface area (Å²) in [5.41, 5.74) is 5.44. The minimum absolute atomic E-state index is 0.00792. The van der Waals surface area contributed by atoms with Gasteiger partial charge in [-0.3, -0.25) is 4.79 Å². The molecule has 0 fully saturated rings. The van der Waals surface area contributed by atoms with Crippen molar-refractivity contribution in [3.8, 4) is 12.3 Å². The molecule has 0 spiro atoms. The Balaban J connectivity index is 3.84. The SMILES string of the molecule is C#CC(=O)NC(CN)CC(C)C. The molecule has 0 aromatic carbocycles. The molecule has 1 unspecified atom stereocenters. The van der Waals surface area contributed by atoms with Gasteiger partial charge >= 0.3 is 0 Å². The van der Waals surface area contributed by atoms with Gasteiger partial charge in [-0.25, -0.2) is 0 Å². The largest absolute Gasteiger partial charge is 0.341 e. The zero-order valence-electron chi connectivity index (χ0n) is 7.63. The van der Waals surface area contributed by atoms with Crippen LogP contribution in [-0.2, 0) is 4.79 Å². The molecule has 0 aliphatic carbocycles. The van der Waals surface area contributed by atoms with Crippen LogP contribution in [0.1, 0.15) is 20.3 Å². The Morgan fingerprint density at radius 3 is 2.58 bits per heavy atom. The Bertz CT molecular complexity index is 181. The van der Waals surface area contributed by atoms with Crippen LogP contribution in [0.4, 0.5) is 0 Å². The first-order valence-electron chi connectivity index (χ1n) is 4.07. The zero-order valence-corrected chi connectivity index (χ0v) is 7.63. The summed E-state index contributed by atoms with van der Waals surface area (Å²) in [6.07, 6.45) is 5.77. The molecule has 1 atom stereocenters. The first-order chi connectivity index (χ1) is 5.60. The molecule has 0 aromatic rings. The summed E-state index contributed by atoms with van der Waals surface area (Å²) in [5.74, 6) is 2.12. The van der Waals surface area contributed by atoms with Crippen molar-refractivity contribution < 1.29 is 4.79 Å². The molecule has 3 nitrogen and oxygen atoms in total. The van der Waals surface area contributed by atoms with Crippen LogP contribution in [0.2, 0.25) is 0 Å². The van der Waals surface area contributed by atoms with Crippen LogP contribution in [0.3, 0.4) is 0 Å². The van der Waals surface area contributed by atoms with E-state index in [2.05, 4.69) is 19.2 Å². The maximum absolute atomic E-state index is 10.8. The minimum atomic E-state index is -0.383. The lowest BCUT2D eigenvalue weighted by atomic mass is 10.0. The van der Waals surface area contributed by atoms with Crippen LogP contribution in [0.25, 0.3) is 0 Å². The Morgan fingerprint density at radius 2 is 2.25 bits per heavy atom. The summed E-state index contributed by atoms with van der Waals surface area (Å²) in [5, 5.41) is 2.65. The molecule has 0 aliphatic heterocycles. The zero-order chi connectivity index (χ0) is 9.56. The second-order valence-electron chi connectivity index (χ2n) is 3.18.